The van der Waals surface area contributed by atoms with Crippen molar-refractivity contribution in [1.29, 1.82) is 0 Å². The first-order valence-corrected chi connectivity index (χ1v) is 3.78. The fourth-order valence-electron chi connectivity index (χ4n) is 1.36. The molecule has 62 valence electrons. The van der Waals surface area contributed by atoms with Crippen molar-refractivity contribution in [1.82, 2.24) is 0 Å². The first-order chi connectivity index (χ1) is 5.68. The number of carbonyl (C=O) groups excluding carboxylic acids is 1. The Morgan fingerprint density at radius 1 is 1.50 bits per heavy atom. The van der Waals surface area contributed by atoms with Crippen LogP contribution in [0.15, 0.2) is 18.2 Å². The fourth-order valence-corrected chi connectivity index (χ4v) is 1.36. The van der Waals surface area contributed by atoms with Gasteiger partial charge in [0.25, 0.3) is 5.91 Å². The van der Waals surface area contributed by atoms with Crippen molar-refractivity contribution < 1.29 is 9.90 Å². The number of nitrogens with one attached hydrogen (secondary N) is 1. The molecule has 0 fully saturated rings. The number of fused-ring (bicyclic) bond motifs is 1. The third-order valence-electron chi connectivity index (χ3n) is 2.01. The molecular weight excluding hydrogens is 154 g/mol. The molecule has 0 saturated carbocycles. The highest BCUT2D eigenvalue weighted by atomic mass is 16.3. The molecule has 3 heteroatoms. The summed E-state index contributed by atoms with van der Waals surface area (Å²) >= 11 is 0. The Morgan fingerprint density at radius 3 is 3.00 bits per heavy atom. The molecular formula is C9H9NO2. The van der Waals surface area contributed by atoms with Crippen LogP contribution in [0.5, 0.6) is 0 Å². The lowest BCUT2D eigenvalue weighted by Crippen LogP contribution is -2.10. The lowest BCUT2D eigenvalue weighted by atomic mass is 10.1. The number of aliphatic hydroxyl groups is 1. The molecule has 0 saturated heterocycles. The lowest BCUT2D eigenvalue weighted by Gasteiger charge is -2.00. The number of benzene rings is 1. The molecule has 1 atom stereocenters. The van der Waals surface area contributed by atoms with Gasteiger partial charge < -0.3 is 10.4 Å². The largest absolute Gasteiger partial charge is 0.378 e. The predicted octanol–water partition coefficient (Wildman–Crippen LogP) is 0.981. The minimum Gasteiger partial charge on any atom is -0.378 e. The summed E-state index contributed by atoms with van der Waals surface area (Å²) in [4.78, 5) is 11.0. The van der Waals surface area contributed by atoms with E-state index in [9.17, 15) is 9.90 Å². The SMILES string of the molecule is Cc1ccc2c(c1)[C@@H](O)C(=O)N2. The van der Waals surface area contributed by atoms with Crippen LogP contribution in [0.2, 0.25) is 0 Å². The van der Waals surface area contributed by atoms with Gasteiger partial charge in [-0.25, -0.2) is 0 Å². The van der Waals surface area contributed by atoms with Gasteiger partial charge in [-0.05, 0) is 13.0 Å². The number of hydrogen-bond acceptors (Lipinski definition) is 2. The van der Waals surface area contributed by atoms with E-state index in [-0.39, 0.29) is 5.91 Å². The molecule has 3 nitrogen and oxygen atoms in total. The molecule has 1 aliphatic heterocycles. The van der Waals surface area contributed by atoms with Gasteiger partial charge in [0.15, 0.2) is 6.10 Å². The maximum absolute atomic E-state index is 11.0. The van der Waals surface area contributed by atoms with Crippen molar-refractivity contribution >= 4 is 11.6 Å². The maximum atomic E-state index is 11.0. The summed E-state index contributed by atoms with van der Waals surface area (Å²) in [6.07, 6.45) is -0.986. The van der Waals surface area contributed by atoms with Crippen molar-refractivity contribution in [2.75, 3.05) is 5.32 Å². The molecule has 2 N–H and O–H groups in total. The van der Waals surface area contributed by atoms with Crippen LogP contribution >= 0.6 is 0 Å². The van der Waals surface area contributed by atoms with E-state index in [2.05, 4.69) is 5.32 Å². The van der Waals surface area contributed by atoms with E-state index in [0.717, 1.165) is 11.3 Å². The number of aryl methyl sites for hydroxylation is 1. The van der Waals surface area contributed by atoms with Crippen LogP contribution < -0.4 is 5.32 Å². The lowest BCUT2D eigenvalue weighted by molar-refractivity contribution is -0.123. The van der Waals surface area contributed by atoms with Crippen LogP contribution in [0.3, 0.4) is 0 Å². The van der Waals surface area contributed by atoms with Crippen molar-refractivity contribution in [3.05, 3.63) is 29.3 Å². The van der Waals surface area contributed by atoms with Gasteiger partial charge in [-0.1, -0.05) is 17.7 Å². The van der Waals surface area contributed by atoms with Crippen LogP contribution in [0, 0.1) is 6.92 Å². The van der Waals surface area contributed by atoms with Crippen LogP contribution in [0.25, 0.3) is 0 Å². The number of amides is 1. The van der Waals surface area contributed by atoms with Crippen LogP contribution in [0.4, 0.5) is 5.69 Å². The molecule has 2 rings (SSSR count). The highest BCUT2D eigenvalue weighted by Gasteiger charge is 2.27. The summed E-state index contributed by atoms with van der Waals surface area (Å²) in [7, 11) is 0. The molecule has 0 aromatic heterocycles. The van der Waals surface area contributed by atoms with E-state index in [1.165, 1.54) is 0 Å². The summed E-state index contributed by atoms with van der Waals surface area (Å²) in [6, 6.07) is 5.52. The maximum Gasteiger partial charge on any atom is 0.257 e. The van der Waals surface area contributed by atoms with E-state index < -0.39 is 6.10 Å². The number of anilines is 1. The Hall–Kier alpha value is -1.35. The van der Waals surface area contributed by atoms with Gasteiger partial charge in [0, 0.05) is 11.3 Å². The second kappa shape index (κ2) is 2.32. The molecule has 0 unspecified atom stereocenters. The Kier molecular flexibility index (Phi) is 1.41. The Morgan fingerprint density at radius 2 is 2.25 bits per heavy atom. The highest BCUT2D eigenvalue weighted by molar-refractivity contribution is 6.01. The topological polar surface area (TPSA) is 49.3 Å². The minimum atomic E-state index is -0.986. The van der Waals surface area contributed by atoms with Crippen molar-refractivity contribution in [3.63, 3.8) is 0 Å². The van der Waals surface area contributed by atoms with Crippen LogP contribution in [-0.2, 0) is 4.79 Å². The van der Waals surface area contributed by atoms with Crippen molar-refractivity contribution in [3.8, 4) is 0 Å². The zero-order valence-corrected chi connectivity index (χ0v) is 6.66. The smallest absolute Gasteiger partial charge is 0.257 e. The van der Waals surface area contributed by atoms with E-state index in [0.29, 0.717) is 5.56 Å². The van der Waals surface area contributed by atoms with Crippen molar-refractivity contribution in [2.24, 2.45) is 0 Å². The first kappa shape index (κ1) is 7.31. The summed E-state index contributed by atoms with van der Waals surface area (Å²) in [6.45, 7) is 1.93. The van der Waals surface area contributed by atoms with Crippen LogP contribution in [0.1, 0.15) is 17.2 Å². The zero-order chi connectivity index (χ0) is 8.72. The van der Waals surface area contributed by atoms with Gasteiger partial charge in [-0.3, -0.25) is 4.79 Å². The van der Waals surface area contributed by atoms with Crippen molar-refractivity contribution in [2.45, 2.75) is 13.0 Å². The van der Waals surface area contributed by atoms with Gasteiger partial charge >= 0.3 is 0 Å². The third kappa shape index (κ3) is 0.905. The Bertz CT molecular complexity index is 346. The monoisotopic (exact) mass is 163 g/mol. The first-order valence-electron chi connectivity index (χ1n) is 3.78. The number of hydrogen-bond donors (Lipinski definition) is 2. The van der Waals surface area contributed by atoms with Gasteiger partial charge in [0.1, 0.15) is 0 Å². The predicted molar refractivity (Wildman–Crippen MR) is 44.8 cm³/mol. The second-order valence-corrected chi connectivity index (χ2v) is 2.98. The summed E-state index contributed by atoms with van der Waals surface area (Å²) in [5, 5.41) is 11.9. The molecule has 1 aromatic carbocycles. The molecule has 1 aliphatic rings. The van der Waals surface area contributed by atoms with Gasteiger partial charge in [-0.15, -0.1) is 0 Å². The number of aliphatic hydroxyl groups excluding tert-OH is 1. The van der Waals surface area contributed by atoms with Gasteiger partial charge in [0.05, 0.1) is 0 Å². The molecule has 1 heterocycles. The van der Waals surface area contributed by atoms with E-state index in [1.54, 1.807) is 6.07 Å². The Balaban J connectivity index is 2.55. The average molecular weight is 163 g/mol. The molecule has 12 heavy (non-hydrogen) atoms. The molecule has 1 amide bonds. The van der Waals surface area contributed by atoms with Gasteiger partial charge in [0.2, 0.25) is 0 Å². The Labute approximate surface area is 70.0 Å². The zero-order valence-electron chi connectivity index (χ0n) is 6.66. The van der Waals surface area contributed by atoms with E-state index >= 15 is 0 Å². The average Bonchev–Trinajstić information content (AvgIpc) is 2.31. The summed E-state index contributed by atoms with van der Waals surface area (Å²) < 4.78 is 0. The van der Waals surface area contributed by atoms with Gasteiger partial charge in [-0.2, -0.15) is 0 Å². The number of carbonyl (C=O) groups is 1. The standard InChI is InChI=1S/C9H9NO2/c1-5-2-3-7-6(4-5)8(11)9(12)10-7/h2-4,8,11H,1H3,(H,10,12)/t8-/m1/s1. The normalized spacial score (nSPS) is 20.5. The minimum absolute atomic E-state index is 0.337. The molecule has 0 bridgehead atoms. The van der Waals surface area contributed by atoms with E-state index in [1.807, 2.05) is 19.1 Å². The fraction of sp³-hybridized carbons (Fsp3) is 0.222. The molecule has 0 aliphatic carbocycles. The van der Waals surface area contributed by atoms with Crippen LogP contribution in [-0.4, -0.2) is 11.0 Å². The third-order valence-corrected chi connectivity index (χ3v) is 2.01. The second-order valence-electron chi connectivity index (χ2n) is 2.98. The summed E-state index contributed by atoms with van der Waals surface area (Å²) in [5.41, 5.74) is 2.45. The quantitative estimate of drug-likeness (QED) is 0.599. The highest BCUT2D eigenvalue weighted by Crippen LogP contribution is 2.30. The van der Waals surface area contributed by atoms with E-state index in [4.69, 9.17) is 0 Å². The molecule has 0 spiro atoms. The number of rotatable bonds is 0. The molecule has 0 radical (unpaired) electrons. The molecule has 1 aromatic rings. The summed E-state index contributed by atoms with van der Waals surface area (Å²) in [5.74, 6) is -0.337.